The molecule has 5 heteroatoms. The van der Waals surface area contributed by atoms with E-state index in [0.29, 0.717) is 24.4 Å². The van der Waals surface area contributed by atoms with Gasteiger partial charge in [-0.3, -0.25) is 4.90 Å². The van der Waals surface area contributed by atoms with Crippen LogP contribution in [0.1, 0.15) is 55.4 Å². The van der Waals surface area contributed by atoms with Crippen molar-refractivity contribution in [2.75, 3.05) is 0 Å². The van der Waals surface area contributed by atoms with E-state index in [-0.39, 0.29) is 0 Å². The van der Waals surface area contributed by atoms with E-state index in [2.05, 4.69) is 53.2 Å². The molecule has 1 fully saturated rings. The first-order valence-electron chi connectivity index (χ1n) is 8.00. The summed E-state index contributed by atoms with van der Waals surface area (Å²) in [4.78, 5) is 6.74. The summed E-state index contributed by atoms with van der Waals surface area (Å²) >= 11 is 0. The van der Waals surface area contributed by atoms with E-state index in [1.807, 2.05) is 0 Å². The third kappa shape index (κ3) is 3.72. The molecular formula is C17H24N4O. The van der Waals surface area contributed by atoms with Gasteiger partial charge in [0.2, 0.25) is 5.89 Å². The van der Waals surface area contributed by atoms with Crippen molar-refractivity contribution in [3.8, 4) is 0 Å². The fraction of sp³-hybridized carbons (Fsp3) is 0.529. The second kappa shape index (κ2) is 6.58. The molecule has 1 aromatic carbocycles. The predicted octanol–water partition coefficient (Wildman–Crippen LogP) is 2.82. The molecule has 0 spiro atoms. The van der Waals surface area contributed by atoms with Gasteiger partial charge in [-0.1, -0.05) is 43.3 Å². The van der Waals surface area contributed by atoms with Crippen molar-refractivity contribution in [3.05, 3.63) is 47.1 Å². The first-order chi connectivity index (χ1) is 10.7. The molecule has 0 atom stereocenters. The second-order valence-electron chi connectivity index (χ2n) is 6.34. The maximum absolute atomic E-state index is 5.52. The molecule has 3 rings (SSSR count). The maximum atomic E-state index is 5.52. The average molecular weight is 300 g/mol. The van der Waals surface area contributed by atoms with Crippen LogP contribution in [0.15, 0.2) is 28.8 Å². The molecule has 1 saturated carbocycles. The van der Waals surface area contributed by atoms with E-state index >= 15 is 0 Å². The number of benzene rings is 1. The smallest absolute Gasteiger partial charge is 0.240 e. The first kappa shape index (κ1) is 15.2. The van der Waals surface area contributed by atoms with E-state index in [4.69, 9.17) is 10.3 Å². The molecule has 1 aromatic heterocycles. The summed E-state index contributed by atoms with van der Waals surface area (Å²) in [6, 6.07) is 9.56. The molecule has 0 unspecified atom stereocenters. The van der Waals surface area contributed by atoms with Crippen LogP contribution in [-0.4, -0.2) is 21.1 Å². The minimum Gasteiger partial charge on any atom is -0.338 e. The Labute approximate surface area is 131 Å². The minimum absolute atomic E-state index is 0.299. The van der Waals surface area contributed by atoms with Crippen molar-refractivity contribution >= 4 is 0 Å². The monoisotopic (exact) mass is 300 g/mol. The molecule has 0 aliphatic heterocycles. The zero-order valence-electron chi connectivity index (χ0n) is 13.3. The SMILES string of the molecule is CC(C)c1ccc(CN(Cc2noc(CN)n2)C2CC2)cc1. The van der Waals surface area contributed by atoms with Crippen LogP contribution in [0.25, 0.3) is 0 Å². The third-order valence-corrected chi connectivity index (χ3v) is 4.12. The highest BCUT2D eigenvalue weighted by Crippen LogP contribution is 2.29. The molecule has 2 aromatic rings. The summed E-state index contributed by atoms with van der Waals surface area (Å²) < 4.78 is 5.09. The van der Waals surface area contributed by atoms with Gasteiger partial charge in [-0.15, -0.1) is 0 Å². The quantitative estimate of drug-likeness (QED) is 0.851. The van der Waals surface area contributed by atoms with Gasteiger partial charge < -0.3 is 10.3 Å². The lowest BCUT2D eigenvalue weighted by Gasteiger charge is -2.20. The molecule has 1 aliphatic rings. The van der Waals surface area contributed by atoms with Crippen molar-refractivity contribution in [1.82, 2.24) is 15.0 Å². The summed E-state index contributed by atoms with van der Waals surface area (Å²) in [5, 5.41) is 4.01. The molecule has 5 nitrogen and oxygen atoms in total. The standard InChI is InChI=1S/C17H24N4O/c1-12(2)14-5-3-13(4-6-14)10-21(15-7-8-15)11-16-19-17(9-18)22-20-16/h3-6,12,15H,7-11,18H2,1-2H3. The van der Waals surface area contributed by atoms with Crippen LogP contribution in [-0.2, 0) is 19.6 Å². The summed E-state index contributed by atoms with van der Waals surface area (Å²) in [6.45, 7) is 6.39. The highest BCUT2D eigenvalue weighted by molar-refractivity contribution is 5.24. The normalized spacial score (nSPS) is 15.0. The van der Waals surface area contributed by atoms with Gasteiger partial charge in [-0.05, 0) is 29.9 Å². The van der Waals surface area contributed by atoms with E-state index in [1.165, 1.54) is 24.0 Å². The average Bonchev–Trinajstić information content (AvgIpc) is 3.27. The van der Waals surface area contributed by atoms with Gasteiger partial charge in [-0.2, -0.15) is 4.98 Å². The zero-order valence-corrected chi connectivity index (χ0v) is 13.3. The van der Waals surface area contributed by atoms with E-state index in [9.17, 15) is 0 Å². The Bertz CT molecular complexity index is 601. The van der Waals surface area contributed by atoms with Crippen molar-refractivity contribution in [2.45, 2.75) is 58.3 Å². The van der Waals surface area contributed by atoms with Crippen LogP contribution in [0.5, 0.6) is 0 Å². The Kier molecular flexibility index (Phi) is 4.55. The third-order valence-electron chi connectivity index (χ3n) is 4.12. The summed E-state index contributed by atoms with van der Waals surface area (Å²) in [5.74, 6) is 1.81. The predicted molar refractivity (Wildman–Crippen MR) is 85.0 cm³/mol. The van der Waals surface area contributed by atoms with Crippen molar-refractivity contribution in [1.29, 1.82) is 0 Å². The van der Waals surface area contributed by atoms with Gasteiger partial charge in [0.25, 0.3) is 0 Å². The van der Waals surface area contributed by atoms with Gasteiger partial charge >= 0.3 is 0 Å². The Morgan fingerprint density at radius 2 is 1.95 bits per heavy atom. The van der Waals surface area contributed by atoms with Gasteiger partial charge in [0, 0.05) is 12.6 Å². The molecule has 0 amide bonds. The lowest BCUT2D eigenvalue weighted by atomic mass is 10.0. The number of rotatable bonds is 7. The highest BCUT2D eigenvalue weighted by Gasteiger charge is 2.30. The fourth-order valence-electron chi connectivity index (χ4n) is 2.62. The van der Waals surface area contributed by atoms with Crippen molar-refractivity contribution in [2.24, 2.45) is 5.73 Å². The Morgan fingerprint density at radius 1 is 1.23 bits per heavy atom. The Morgan fingerprint density at radius 3 is 2.50 bits per heavy atom. The first-order valence-corrected chi connectivity index (χ1v) is 8.00. The Hall–Kier alpha value is -1.72. The lowest BCUT2D eigenvalue weighted by molar-refractivity contribution is 0.235. The largest absolute Gasteiger partial charge is 0.338 e. The molecule has 0 saturated heterocycles. The van der Waals surface area contributed by atoms with E-state index in [1.54, 1.807) is 0 Å². The number of nitrogens with zero attached hydrogens (tertiary/aromatic N) is 3. The maximum Gasteiger partial charge on any atom is 0.240 e. The summed E-state index contributed by atoms with van der Waals surface area (Å²) in [6.07, 6.45) is 2.51. The molecule has 22 heavy (non-hydrogen) atoms. The second-order valence-corrected chi connectivity index (χ2v) is 6.34. The van der Waals surface area contributed by atoms with Crippen molar-refractivity contribution in [3.63, 3.8) is 0 Å². The van der Waals surface area contributed by atoms with Gasteiger partial charge in [0.15, 0.2) is 5.82 Å². The minimum atomic E-state index is 0.299. The van der Waals surface area contributed by atoms with Gasteiger partial charge in [0.1, 0.15) is 0 Å². The summed E-state index contributed by atoms with van der Waals surface area (Å²) in [5.41, 5.74) is 8.23. The molecule has 0 radical (unpaired) electrons. The number of aromatic nitrogens is 2. The topological polar surface area (TPSA) is 68.2 Å². The van der Waals surface area contributed by atoms with Gasteiger partial charge in [-0.25, -0.2) is 0 Å². The van der Waals surface area contributed by atoms with Crippen LogP contribution < -0.4 is 5.73 Å². The number of hydrogen-bond donors (Lipinski definition) is 1. The van der Waals surface area contributed by atoms with Crippen molar-refractivity contribution < 1.29 is 4.52 Å². The van der Waals surface area contributed by atoms with E-state index in [0.717, 1.165) is 18.9 Å². The molecule has 1 heterocycles. The van der Waals surface area contributed by atoms with Crippen LogP contribution in [0.3, 0.4) is 0 Å². The number of nitrogens with two attached hydrogens (primary N) is 1. The molecular weight excluding hydrogens is 276 g/mol. The van der Waals surface area contributed by atoms with Crippen LogP contribution in [0, 0.1) is 0 Å². The lowest BCUT2D eigenvalue weighted by Crippen LogP contribution is -2.25. The van der Waals surface area contributed by atoms with E-state index < -0.39 is 0 Å². The molecule has 0 bridgehead atoms. The van der Waals surface area contributed by atoms with Crippen LogP contribution in [0.4, 0.5) is 0 Å². The molecule has 118 valence electrons. The molecule has 1 aliphatic carbocycles. The Balaban J connectivity index is 1.66. The van der Waals surface area contributed by atoms with Gasteiger partial charge in [0.05, 0.1) is 13.1 Å². The zero-order chi connectivity index (χ0) is 15.5. The van der Waals surface area contributed by atoms with Crippen LogP contribution in [0.2, 0.25) is 0 Å². The fourth-order valence-corrected chi connectivity index (χ4v) is 2.62. The summed E-state index contributed by atoms with van der Waals surface area (Å²) in [7, 11) is 0. The van der Waals surface area contributed by atoms with Crippen LogP contribution >= 0.6 is 0 Å². The number of hydrogen-bond acceptors (Lipinski definition) is 5. The highest BCUT2D eigenvalue weighted by atomic mass is 16.5. The molecule has 2 N–H and O–H groups in total.